The zero-order valence-electron chi connectivity index (χ0n) is 13.6. The van der Waals surface area contributed by atoms with Crippen molar-refractivity contribution in [1.29, 1.82) is 5.26 Å². The molecule has 1 aromatic heterocycles. The molecule has 2 heterocycles. The van der Waals surface area contributed by atoms with Gasteiger partial charge in [-0.05, 0) is 43.4 Å². The van der Waals surface area contributed by atoms with Crippen molar-refractivity contribution in [3.05, 3.63) is 53.9 Å². The number of benzene rings is 1. The van der Waals surface area contributed by atoms with E-state index in [0.29, 0.717) is 11.3 Å². The van der Waals surface area contributed by atoms with Crippen molar-refractivity contribution in [2.24, 2.45) is 0 Å². The van der Waals surface area contributed by atoms with E-state index in [1.165, 1.54) is 18.0 Å². The second kappa shape index (κ2) is 7.11. The van der Waals surface area contributed by atoms with E-state index < -0.39 is 0 Å². The fourth-order valence-corrected chi connectivity index (χ4v) is 2.62. The Bertz CT molecular complexity index is 740. The van der Waals surface area contributed by atoms with Crippen molar-refractivity contribution in [3.8, 4) is 6.07 Å². The van der Waals surface area contributed by atoms with Gasteiger partial charge in [-0.25, -0.2) is 4.98 Å². The molecule has 1 N–H and O–H groups in total. The van der Waals surface area contributed by atoms with Gasteiger partial charge in [0.2, 0.25) is 0 Å². The molecule has 0 spiro atoms. The number of carbonyl (C=O) groups is 1. The van der Waals surface area contributed by atoms with E-state index in [2.05, 4.69) is 27.1 Å². The van der Waals surface area contributed by atoms with Gasteiger partial charge in [0.25, 0.3) is 5.91 Å². The second-order valence-electron chi connectivity index (χ2n) is 5.84. The quantitative estimate of drug-likeness (QED) is 0.935. The molecule has 0 unspecified atom stereocenters. The van der Waals surface area contributed by atoms with Gasteiger partial charge in [-0.3, -0.25) is 4.79 Å². The third kappa shape index (κ3) is 3.70. The van der Waals surface area contributed by atoms with Gasteiger partial charge in [-0.2, -0.15) is 5.26 Å². The SMILES string of the molecule is CN1CCN(c2ccc(NC(=O)c3ccc(C#N)nc3)cc2)CC1. The lowest BCUT2D eigenvalue weighted by Crippen LogP contribution is -2.44. The number of aromatic nitrogens is 1. The van der Waals surface area contributed by atoms with Crippen LogP contribution in [0.3, 0.4) is 0 Å². The molecule has 0 radical (unpaired) electrons. The molecule has 0 atom stereocenters. The molecule has 1 aliphatic rings. The molecule has 1 fully saturated rings. The van der Waals surface area contributed by atoms with Crippen molar-refractivity contribution in [1.82, 2.24) is 9.88 Å². The van der Waals surface area contributed by atoms with Gasteiger partial charge < -0.3 is 15.1 Å². The second-order valence-corrected chi connectivity index (χ2v) is 5.84. The maximum Gasteiger partial charge on any atom is 0.257 e. The summed E-state index contributed by atoms with van der Waals surface area (Å²) < 4.78 is 0. The van der Waals surface area contributed by atoms with Crippen LogP contribution in [0.2, 0.25) is 0 Å². The van der Waals surface area contributed by atoms with Gasteiger partial charge in [0.15, 0.2) is 0 Å². The molecule has 0 bridgehead atoms. The van der Waals surface area contributed by atoms with Crippen LogP contribution >= 0.6 is 0 Å². The first kappa shape index (κ1) is 16.0. The number of amides is 1. The molecule has 1 aliphatic heterocycles. The first-order chi connectivity index (χ1) is 11.7. The number of hydrogen-bond acceptors (Lipinski definition) is 5. The number of likely N-dealkylation sites (N-methyl/N-ethyl adjacent to an activating group) is 1. The van der Waals surface area contributed by atoms with E-state index in [4.69, 9.17) is 5.26 Å². The molecule has 1 saturated heterocycles. The minimum Gasteiger partial charge on any atom is -0.369 e. The fourth-order valence-electron chi connectivity index (χ4n) is 2.62. The van der Waals surface area contributed by atoms with Crippen LogP contribution in [0, 0.1) is 11.3 Å². The van der Waals surface area contributed by atoms with Gasteiger partial charge >= 0.3 is 0 Å². The van der Waals surface area contributed by atoms with Crippen LogP contribution in [0.5, 0.6) is 0 Å². The first-order valence-electron chi connectivity index (χ1n) is 7.87. The van der Waals surface area contributed by atoms with Gasteiger partial charge in [0.1, 0.15) is 11.8 Å². The smallest absolute Gasteiger partial charge is 0.257 e. The average molecular weight is 321 g/mol. The Balaban J connectivity index is 1.63. The summed E-state index contributed by atoms with van der Waals surface area (Å²) in [5.41, 5.74) is 2.63. The van der Waals surface area contributed by atoms with E-state index in [1.54, 1.807) is 6.07 Å². The fraction of sp³-hybridized carbons (Fsp3) is 0.278. The molecule has 0 aliphatic carbocycles. The van der Waals surface area contributed by atoms with Crippen LogP contribution in [0.1, 0.15) is 16.1 Å². The molecule has 24 heavy (non-hydrogen) atoms. The predicted octanol–water partition coefficient (Wildman–Crippen LogP) is 1.96. The van der Waals surface area contributed by atoms with Crippen LogP contribution in [0.15, 0.2) is 42.6 Å². The summed E-state index contributed by atoms with van der Waals surface area (Å²) in [4.78, 5) is 20.8. The third-order valence-electron chi connectivity index (χ3n) is 4.13. The van der Waals surface area contributed by atoms with E-state index in [0.717, 1.165) is 31.9 Å². The summed E-state index contributed by atoms with van der Waals surface area (Å²) in [6, 6.07) is 12.9. The van der Waals surface area contributed by atoms with Crippen molar-refractivity contribution in [3.63, 3.8) is 0 Å². The molecule has 0 saturated carbocycles. The number of nitrogens with one attached hydrogen (secondary N) is 1. The van der Waals surface area contributed by atoms with E-state index >= 15 is 0 Å². The van der Waals surface area contributed by atoms with Gasteiger partial charge in [0, 0.05) is 43.8 Å². The van der Waals surface area contributed by atoms with Crippen molar-refractivity contribution in [2.75, 3.05) is 43.4 Å². The molecule has 122 valence electrons. The van der Waals surface area contributed by atoms with Crippen LogP contribution in [-0.4, -0.2) is 49.0 Å². The maximum atomic E-state index is 12.2. The molecule has 1 amide bonds. The van der Waals surface area contributed by atoms with Crippen LogP contribution in [0.4, 0.5) is 11.4 Å². The lowest BCUT2D eigenvalue weighted by molar-refractivity contribution is 0.102. The lowest BCUT2D eigenvalue weighted by atomic mass is 10.2. The Morgan fingerprint density at radius 3 is 2.42 bits per heavy atom. The van der Waals surface area contributed by atoms with E-state index in [9.17, 15) is 4.79 Å². The van der Waals surface area contributed by atoms with Crippen LogP contribution in [0.25, 0.3) is 0 Å². The Labute approximate surface area is 141 Å². The van der Waals surface area contributed by atoms with E-state index in [1.807, 2.05) is 30.3 Å². The number of piperazine rings is 1. The standard InChI is InChI=1S/C18H19N5O/c1-22-8-10-23(11-9-22)17-6-4-15(5-7-17)21-18(24)14-2-3-16(12-19)20-13-14/h2-7,13H,8-11H2,1H3,(H,21,24). The third-order valence-corrected chi connectivity index (χ3v) is 4.13. The first-order valence-corrected chi connectivity index (χ1v) is 7.87. The molecule has 6 nitrogen and oxygen atoms in total. The number of carbonyl (C=O) groups excluding carboxylic acids is 1. The molecule has 3 rings (SSSR count). The summed E-state index contributed by atoms with van der Waals surface area (Å²) in [6.45, 7) is 4.15. The van der Waals surface area contributed by atoms with Gasteiger partial charge in [-0.1, -0.05) is 0 Å². The molecule has 6 heteroatoms. The predicted molar refractivity (Wildman–Crippen MR) is 93.1 cm³/mol. The van der Waals surface area contributed by atoms with Crippen molar-refractivity contribution >= 4 is 17.3 Å². The summed E-state index contributed by atoms with van der Waals surface area (Å²) >= 11 is 0. The highest BCUT2D eigenvalue weighted by atomic mass is 16.1. The normalized spacial score (nSPS) is 14.9. The molecular weight excluding hydrogens is 302 g/mol. The van der Waals surface area contributed by atoms with Crippen LogP contribution < -0.4 is 10.2 Å². The number of pyridine rings is 1. The highest BCUT2D eigenvalue weighted by Gasteiger charge is 2.14. The number of hydrogen-bond donors (Lipinski definition) is 1. The summed E-state index contributed by atoms with van der Waals surface area (Å²) in [7, 11) is 2.13. The van der Waals surface area contributed by atoms with Crippen LogP contribution in [-0.2, 0) is 0 Å². The lowest BCUT2D eigenvalue weighted by Gasteiger charge is -2.34. The molecule has 2 aromatic rings. The van der Waals surface area contributed by atoms with Crippen molar-refractivity contribution in [2.45, 2.75) is 0 Å². The summed E-state index contributed by atoms with van der Waals surface area (Å²) in [6.07, 6.45) is 1.41. The minimum atomic E-state index is -0.237. The molecular formula is C18H19N5O. The Morgan fingerprint density at radius 2 is 1.83 bits per heavy atom. The topological polar surface area (TPSA) is 72.3 Å². The minimum absolute atomic E-state index is 0.237. The zero-order valence-corrected chi connectivity index (χ0v) is 13.6. The Kier molecular flexibility index (Phi) is 4.73. The largest absolute Gasteiger partial charge is 0.369 e. The monoisotopic (exact) mass is 321 g/mol. The van der Waals surface area contributed by atoms with Crippen molar-refractivity contribution < 1.29 is 4.79 Å². The zero-order chi connectivity index (χ0) is 16.9. The highest BCUT2D eigenvalue weighted by molar-refractivity contribution is 6.04. The van der Waals surface area contributed by atoms with Gasteiger partial charge in [0.05, 0.1) is 5.56 Å². The summed E-state index contributed by atoms with van der Waals surface area (Å²) in [5.74, 6) is -0.237. The number of anilines is 2. The highest BCUT2D eigenvalue weighted by Crippen LogP contribution is 2.19. The number of nitriles is 1. The number of rotatable bonds is 3. The molecule has 1 aromatic carbocycles. The average Bonchev–Trinajstić information content (AvgIpc) is 2.63. The maximum absolute atomic E-state index is 12.2. The Hall–Kier alpha value is -2.91. The van der Waals surface area contributed by atoms with Gasteiger partial charge in [-0.15, -0.1) is 0 Å². The van der Waals surface area contributed by atoms with E-state index in [-0.39, 0.29) is 5.91 Å². The Morgan fingerprint density at radius 1 is 1.12 bits per heavy atom. The number of nitrogens with zero attached hydrogens (tertiary/aromatic N) is 4. The summed E-state index contributed by atoms with van der Waals surface area (Å²) in [5, 5.41) is 11.6.